The van der Waals surface area contributed by atoms with Gasteiger partial charge >= 0.3 is 0 Å². The summed E-state index contributed by atoms with van der Waals surface area (Å²) in [7, 11) is 0. The standard InChI is InChI=1S/C18H24N4OS/c1-14-20-16(13-24-14)12-21-8-5-9-22(11-10-21)18(23)17(19)15-6-3-2-4-7-15/h2-4,6-7,13,17H,5,8-12,19H2,1H3. The summed E-state index contributed by atoms with van der Waals surface area (Å²) in [4.78, 5) is 21.5. The fourth-order valence-electron chi connectivity index (χ4n) is 3.06. The average molecular weight is 344 g/mol. The molecule has 24 heavy (non-hydrogen) atoms. The lowest BCUT2D eigenvalue weighted by Crippen LogP contribution is -2.40. The molecular formula is C18H24N4OS. The Morgan fingerprint density at radius 2 is 2.04 bits per heavy atom. The van der Waals surface area contributed by atoms with Gasteiger partial charge in [0.05, 0.1) is 10.7 Å². The van der Waals surface area contributed by atoms with Crippen LogP contribution in [0.1, 0.15) is 28.7 Å². The SMILES string of the molecule is Cc1nc(CN2CCCN(C(=O)C(N)c3ccccc3)CC2)cs1. The van der Waals surface area contributed by atoms with Crippen molar-refractivity contribution >= 4 is 17.2 Å². The van der Waals surface area contributed by atoms with E-state index < -0.39 is 6.04 Å². The predicted octanol–water partition coefficient (Wildman–Crippen LogP) is 2.19. The second kappa shape index (κ2) is 7.88. The third kappa shape index (κ3) is 4.20. The molecule has 3 rings (SSSR count). The van der Waals surface area contributed by atoms with Crippen molar-refractivity contribution in [3.05, 3.63) is 52.0 Å². The molecule has 1 aliphatic heterocycles. The minimum Gasteiger partial charge on any atom is -0.340 e. The number of carbonyl (C=O) groups excluding carboxylic acids is 1. The smallest absolute Gasteiger partial charge is 0.244 e. The van der Waals surface area contributed by atoms with Crippen molar-refractivity contribution in [2.75, 3.05) is 26.2 Å². The maximum Gasteiger partial charge on any atom is 0.244 e. The second-order valence-electron chi connectivity index (χ2n) is 6.20. The van der Waals surface area contributed by atoms with Crippen LogP contribution in [0.5, 0.6) is 0 Å². The topological polar surface area (TPSA) is 62.5 Å². The van der Waals surface area contributed by atoms with Crippen LogP contribution in [0.25, 0.3) is 0 Å². The van der Waals surface area contributed by atoms with Crippen LogP contribution in [0.2, 0.25) is 0 Å². The molecule has 1 aromatic carbocycles. The third-order valence-electron chi connectivity index (χ3n) is 4.38. The van der Waals surface area contributed by atoms with E-state index in [1.807, 2.05) is 42.2 Å². The largest absolute Gasteiger partial charge is 0.340 e. The van der Waals surface area contributed by atoms with Crippen LogP contribution in [-0.2, 0) is 11.3 Å². The number of hydrogen-bond acceptors (Lipinski definition) is 5. The number of amides is 1. The lowest BCUT2D eigenvalue weighted by atomic mass is 10.1. The molecule has 1 fully saturated rings. The first-order valence-corrected chi connectivity index (χ1v) is 9.24. The molecule has 1 aliphatic rings. The normalized spacial score (nSPS) is 17.5. The van der Waals surface area contributed by atoms with Crippen LogP contribution in [0.4, 0.5) is 0 Å². The van der Waals surface area contributed by atoms with Crippen molar-refractivity contribution in [2.45, 2.75) is 25.9 Å². The maximum absolute atomic E-state index is 12.7. The Morgan fingerprint density at radius 1 is 1.25 bits per heavy atom. The molecule has 0 aliphatic carbocycles. The molecule has 0 spiro atoms. The third-order valence-corrected chi connectivity index (χ3v) is 5.20. The monoisotopic (exact) mass is 344 g/mol. The first kappa shape index (κ1) is 17.1. The Morgan fingerprint density at radius 3 is 2.75 bits per heavy atom. The number of rotatable bonds is 4. The zero-order chi connectivity index (χ0) is 16.9. The fourth-order valence-corrected chi connectivity index (χ4v) is 3.66. The number of hydrogen-bond donors (Lipinski definition) is 1. The Kier molecular flexibility index (Phi) is 5.60. The van der Waals surface area contributed by atoms with Gasteiger partial charge in [-0.25, -0.2) is 4.98 Å². The fraction of sp³-hybridized carbons (Fsp3) is 0.444. The van der Waals surface area contributed by atoms with Gasteiger partial charge in [0.25, 0.3) is 0 Å². The number of benzene rings is 1. The lowest BCUT2D eigenvalue weighted by molar-refractivity contribution is -0.132. The summed E-state index contributed by atoms with van der Waals surface area (Å²) in [5.41, 5.74) is 8.17. The summed E-state index contributed by atoms with van der Waals surface area (Å²) in [6, 6.07) is 9.03. The van der Waals surface area contributed by atoms with E-state index in [9.17, 15) is 4.79 Å². The van der Waals surface area contributed by atoms with Crippen LogP contribution in [0.15, 0.2) is 35.7 Å². The van der Waals surface area contributed by atoms with Crippen molar-refractivity contribution in [2.24, 2.45) is 5.73 Å². The van der Waals surface area contributed by atoms with Gasteiger partial charge in [0.1, 0.15) is 6.04 Å². The van der Waals surface area contributed by atoms with Crippen molar-refractivity contribution in [3.8, 4) is 0 Å². The molecule has 1 aromatic heterocycles. The van der Waals surface area contributed by atoms with E-state index >= 15 is 0 Å². The maximum atomic E-state index is 12.7. The van der Waals surface area contributed by atoms with Crippen molar-refractivity contribution in [1.82, 2.24) is 14.8 Å². The van der Waals surface area contributed by atoms with Gasteiger partial charge in [0.2, 0.25) is 5.91 Å². The summed E-state index contributed by atoms with van der Waals surface area (Å²) in [6.07, 6.45) is 0.969. The van der Waals surface area contributed by atoms with Gasteiger partial charge in [-0.3, -0.25) is 9.69 Å². The van der Waals surface area contributed by atoms with Gasteiger partial charge in [-0.1, -0.05) is 30.3 Å². The minimum atomic E-state index is -0.570. The molecule has 6 heteroatoms. The predicted molar refractivity (Wildman–Crippen MR) is 96.7 cm³/mol. The molecule has 5 nitrogen and oxygen atoms in total. The Bertz CT molecular complexity index is 673. The highest BCUT2D eigenvalue weighted by Crippen LogP contribution is 2.16. The van der Waals surface area contributed by atoms with Gasteiger partial charge in [-0.2, -0.15) is 0 Å². The quantitative estimate of drug-likeness (QED) is 0.923. The van der Waals surface area contributed by atoms with E-state index in [4.69, 9.17) is 5.73 Å². The molecule has 2 N–H and O–H groups in total. The zero-order valence-corrected chi connectivity index (χ0v) is 14.8. The van der Waals surface area contributed by atoms with E-state index in [-0.39, 0.29) is 5.91 Å². The van der Waals surface area contributed by atoms with Crippen molar-refractivity contribution in [3.63, 3.8) is 0 Å². The molecule has 2 aromatic rings. The van der Waals surface area contributed by atoms with Gasteiger partial charge in [0, 0.05) is 38.1 Å². The zero-order valence-electron chi connectivity index (χ0n) is 14.0. The van der Waals surface area contributed by atoms with E-state index in [1.54, 1.807) is 11.3 Å². The number of thiazole rings is 1. The summed E-state index contributed by atoms with van der Waals surface area (Å²) >= 11 is 1.69. The molecule has 0 saturated carbocycles. The summed E-state index contributed by atoms with van der Waals surface area (Å²) < 4.78 is 0. The highest BCUT2D eigenvalue weighted by molar-refractivity contribution is 7.09. The molecule has 1 amide bonds. The summed E-state index contributed by atoms with van der Waals surface area (Å²) in [6.45, 7) is 6.23. The van der Waals surface area contributed by atoms with Crippen LogP contribution in [-0.4, -0.2) is 46.9 Å². The summed E-state index contributed by atoms with van der Waals surface area (Å²) in [5, 5.41) is 3.22. The molecule has 0 bridgehead atoms. The van der Waals surface area contributed by atoms with Gasteiger partial charge in [-0.05, 0) is 18.9 Å². The lowest BCUT2D eigenvalue weighted by Gasteiger charge is -2.24. The Hall–Kier alpha value is -1.76. The Balaban J connectivity index is 1.57. The van der Waals surface area contributed by atoms with Crippen LogP contribution in [0, 0.1) is 6.92 Å². The number of nitrogens with zero attached hydrogens (tertiary/aromatic N) is 3. The van der Waals surface area contributed by atoms with Crippen molar-refractivity contribution in [1.29, 1.82) is 0 Å². The Labute approximate surface area is 147 Å². The molecule has 0 radical (unpaired) electrons. The highest BCUT2D eigenvalue weighted by Gasteiger charge is 2.24. The van der Waals surface area contributed by atoms with E-state index in [0.717, 1.165) is 55.4 Å². The molecular weight excluding hydrogens is 320 g/mol. The number of nitrogens with two attached hydrogens (primary N) is 1. The molecule has 128 valence electrons. The molecule has 1 atom stereocenters. The number of aromatic nitrogens is 1. The second-order valence-corrected chi connectivity index (χ2v) is 7.26. The van der Waals surface area contributed by atoms with E-state index in [2.05, 4.69) is 15.3 Å². The van der Waals surface area contributed by atoms with Crippen LogP contribution < -0.4 is 5.73 Å². The highest BCUT2D eigenvalue weighted by atomic mass is 32.1. The van der Waals surface area contributed by atoms with Crippen molar-refractivity contribution < 1.29 is 4.79 Å². The number of carbonyl (C=O) groups is 1. The minimum absolute atomic E-state index is 0.0209. The molecule has 2 heterocycles. The van der Waals surface area contributed by atoms with E-state index in [0.29, 0.717) is 0 Å². The number of aryl methyl sites for hydroxylation is 1. The van der Waals surface area contributed by atoms with Crippen LogP contribution >= 0.6 is 11.3 Å². The summed E-state index contributed by atoms with van der Waals surface area (Å²) in [5.74, 6) is 0.0209. The van der Waals surface area contributed by atoms with Gasteiger partial charge in [0.15, 0.2) is 0 Å². The molecule has 1 unspecified atom stereocenters. The molecule has 1 saturated heterocycles. The van der Waals surface area contributed by atoms with Gasteiger partial charge in [-0.15, -0.1) is 11.3 Å². The first-order valence-electron chi connectivity index (χ1n) is 8.36. The first-order chi connectivity index (χ1) is 11.6. The average Bonchev–Trinajstić information content (AvgIpc) is 2.87. The van der Waals surface area contributed by atoms with Crippen LogP contribution in [0.3, 0.4) is 0 Å². The van der Waals surface area contributed by atoms with E-state index in [1.165, 1.54) is 0 Å². The van der Waals surface area contributed by atoms with Gasteiger partial charge < -0.3 is 10.6 Å².